The standard InChI is InChI=1S/C17H11Cl2NO5S/c18-10-1-4-12(5-2-10)26(23,24)20-11-3-6-14(19)13(9-11)15-7-8-16(25-15)17(21)22/h1-9,20H,(H,21,22). The first-order chi connectivity index (χ1) is 12.3. The van der Waals surface area contributed by atoms with E-state index < -0.39 is 16.0 Å². The molecule has 1 heterocycles. The predicted molar refractivity (Wildman–Crippen MR) is 98.4 cm³/mol. The van der Waals surface area contributed by atoms with Gasteiger partial charge >= 0.3 is 5.97 Å². The third-order valence-corrected chi connectivity index (χ3v) is 5.40. The van der Waals surface area contributed by atoms with Crippen molar-refractivity contribution in [2.24, 2.45) is 0 Å². The maximum Gasteiger partial charge on any atom is 0.371 e. The Morgan fingerprint density at radius 3 is 2.31 bits per heavy atom. The molecular weight excluding hydrogens is 401 g/mol. The summed E-state index contributed by atoms with van der Waals surface area (Å²) in [5.41, 5.74) is 0.600. The third-order valence-electron chi connectivity index (χ3n) is 3.42. The number of halogens is 2. The Kier molecular flexibility index (Phi) is 4.95. The van der Waals surface area contributed by atoms with Gasteiger partial charge < -0.3 is 9.52 Å². The monoisotopic (exact) mass is 411 g/mol. The van der Waals surface area contributed by atoms with E-state index in [0.717, 1.165) is 0 Å². The molecule has 0 unspecified atom stereocenters. The summed E-state index contributed by atoms with van der Waals surface area (Å²) in [6.07, 6.45) is 0. The molecule has 1 aromatic heterocycles. The molecule has 0 bridgehead atoms. The molecule has 0 saturated heterocycles. The van der Waals surface area contributed by atoms with Gasteiger partial charge in [0.2, 0.25) is 5.76 Å². The van der Waals surface area contributed by atoms with Gasteiger partial charge in [-0.05, 0) is 54.6 Å². The minimum absolute atomic E-state index is 0.0459. The van der Waals surface area contributed by atoms with Crippen LogP contribution < -0.4 is 4.72 Å². The SMILES string of the molecule is O=C(O)c1ccc(-c2cc(NS(=O)(=O)c3ccc(Cl)cc3)ccc2Cl)o1. The van der Waals surface area contributed by atoms with Crippen LogP contribution in [0.1, 0.15) is 10.6 Å². The molecule has 2 N–H and O–H groups in total. The number of carbonyl (C=O) groups is 1. The van der Waals surface area contributed by atoms with E-state index in [9.17, 15) is 13.2 Å². The predicted octanol–water partition coefficient (Wildman–Crippen LogP) is 4.75. The Balaban J connectivity index is 1.94. The molecule has 134 valence electrons. The number of hydrogen-bond acceptors (Lipinski definition) is 4. The highest BCUT2D eigenvalue weighted by molar-refractivity contribution is 7.92. The van der Waals surface area contributed by atoms with Gasteiger partial charge in [-0.3, -0.25) is 4.72 Å². The minimum atomic E-state index is -3.83. The van der Waals surface area contributed by atoms with E-state index in [4.69, 9.17) is 32.7 Å². The second-order valence-electron chi connectivity index (χ2n) is 5.22. The van der Waals surface area contributed by atoms with Gasteiger partial charge in [0.15, 0.2) is 0 Å². The summed E-state index contributed by atoms with van der Waals surface area (Å²) < 4.78 is 32.6. The van der Waals surface area contributed by atoms with Crippen LogP contribution >= 0.6 is 23.2 Å². The van der Waals surface area contributed by atoms with Gasteiger partial charge in [0.05, 0.1) is 9.92 Å². The lowest BCUT2D eigenvalue weighted by Crippen LogP contribution is -2.12. The number of rotatable bonds is 5. The molecule has 3 aromatic rings. The summed E-state index contributed by atoms with van der Waals surface area (Å²) in [7, 11) is -3.83. The van der Waals surface area contributed by atoms with Crippen molar-refractivity contribution in [3.63, 3.8) is 0 Å². The number of carboxylic acids is 1. The molecule has 3 rings (SSSR count). The van der Waals surface area contributed by atoms with E-state index >= 15 is 0 Å². The average molecular weight is 412 g/mol. The smallest absolute Gasteiger partial charge is 0.371 e. The average Bonchev–Trinajstić information content (AvgIpc) is 3.07. The topological polar surface area (TPSA) is 96.6 Å². The van der Waals surface area contributed by atoms with Crippen LogP contribution in [0.5, 0.6) is 0 Å². The van der Waals surface area contributed by atoms with Crippen molar-refractivity contribution in [2.75, 3.05) is 4.72 Å². The van der Waals surface area contributed by atoms with E-state index in [1.54, 1.807) is 0 Å². The largest absolute Gasteiger partial charge is 0.475 e. The van der Waals surface area contributed by atoms with Crippen LogP contribution in [-0.2, 0) is 10.0 Å². The normalized spacial score (nSPS) is 11.3. The maximum atomic E-state index is 12.5. The van der Waals surface area contributed by atoms with E-state index in [1.807, 2.05) is 0 Å². The zero-order valence-corrected chi connectivity index (χ0v) is 15.3. The molecule has 2 aromatic carbocycles. The van der Waals surface area contributed by atoms with Gasteiger partial charge in [-0.25, -0.2) is 13.2 Å². The molecule has 0 radical (unpaired) electrons. The minimum Gasteiger partial charge on any atom is -0.475 e. The van der Waals surface area contributed by atoms with E-state index in [-0.39, 0.29) is 27.1 Å². The van der Waals surface area contributed by atoms with Crippen molar-refractivity contribution in [3.05, 3.63) is 70.4 Å². The Bertz CT molecular complexity index is 1070. The molecule has 0 aliphatic rings. The van der Waals surface area contributed by atoms with Gasteiger partial charge in [0, 0.05) is 16.3 Å². The van der Waals surface area contributed by atoms with Gasteiger partial charge in [0.1, 0.15) is 5.76 Å². The first-order valence-corrected chi connectivity index (χ1v) is 9.41. The number of hydrogen-bond donors (Lipinski definition) is 2. The summed E-state index contributed by atoms with van der Waals surface area (Å²) in [5, 5.41) is 9.64. The molecular formula is C17H11Cl2NO5S. The van der Waals surface area contributed by atoms with Crippen LogP contribution in [0, 0.1) is 0 Å². The summed E-state index contributed by atoms with van der Waals surface area (Å²) >= 11 is 11.9. The second kappa shape index (κ2) is 7.03. The summed E-state index contributed by atoms with van der Waals surface area (Å²) in [6.45, 7) is 0. The van der Waals surface area contributed by atoms with Crippen molar-refractivity contribution in [1.29, 1.82) is 0 Å². The first-order valence-electron chi connectivity index (χ1n) is 7.18. The van der Waals surface area contributed by atoms with Gasteiger partial charge in [0.25, 0.3) is 10.0 Å². The molecule has 0 spiro atoms. The highest BCUT2D eigenvalue weighted by Gasteiger charge is 2.17. The van der Waals surface area contributed by atoms with E-state index in [0.29, 0.717) is 10.6 Å². The molecule has 0 atom stereocenters. The van der Waals surface area contributed by atoms with Crippen LogP contribution in [0.15, 0.2) is 63.9 Å². The van der Waals surface area contributed by atoms with Gasteiger partial charge in [-0.1, -0.05) is 23.2 Å². The molecule has 6 nitrogen and oxygen atoms in total. The molecule has 0 fully saturated rings. The number of furan rings is 1. The Morgan fingerprint density at radius 1 is 1.00 bits per heavy atom. The molecule has 9 heteroatoms. The van der Waals surface area contributed by atoms with Crippen LogP contribution in [-0.4, -0.2) is 19.5 Å². The number of aromatic carboxylic acids is 1. The zero-order valence-electron chi connectivity index (χ0n) is 12.9. The van der Waals surface area contributed by atoms with Crippen LogP contribution in [0.4, 0.5) is 5.69 Å². The van der Waals surface area contributed by atoms with Crippen molar-refractivity contribution < 1.29 is 22.7 Å². The fourth-order valence-corrected chi connectivity index (χ4v) is 3.59. The molecule has 0 aliphatic heterocycles. The molecule has 0 saturated carbocycles. The van der Waals surface area contributed by atoms with Crippen LogP contribution in [0.25, 0.3) is 11.3 Å². The van der Waals surface area contributed by atoms with Crippen molar-refractivity contribution >= 4 is 44.9 Å². The number of nitrogens with one attached hydrogen (secondary N) is 1. The Morgan fingerprint density at radius 2 is 1.69 bits per heavy atom. The molecule has 26 heavy (non-hydrogen) atoms. The van der Waals surface area contributed by atoms with E-state index in [2.05, 4.69) is 4.72 Å². The van der Waals surface area contributed by atoms with Gasteiger partial charge in [-0.2, -0.15) is 0 Å². The highest BCUT2D eigenvalue weighted by Crippen LogP contribution is 2.32. The third kappa shape index (κ3) is 3.85. The number of carboxylic acid groups (broad SMARTS) is 1. The molecule has 0 amide bonds. The number of sulfonamides is 1. The van der Waals surface area contributed by atoms with Crippen LogP contribution in [0.2, 0.25) is 10.0 Å². The van der Waals surface area contributed by atoms with Crippen molar-refractivity contribution in [1.82, 2.24) is 0 Å². The number of anilines is 1. The second-order valence-corrected chi connectivity index (χ2v) is 7.75. The fraction of sp³-hybridized carbons (Fsp3) is 0. The maximum absolute atomic E-state index is 12.5. The van der Waals surface area contributed by atoms with Crippen molar-refractivity contribution in [2.45, 2.75) is 4.90 Å². The van der Waals surface area contributed by atoms with E-state index in [1.165, 1.54) is 54.6 Å². The summed E-state index contributed by atoms with van der Waals surface area (Å²) in [6, 6.07) is 12.9. The lowest BCUT2D eigenvalue weighted by atomic mass is 10.1. The Hall–Kier alpha value is -2.48. The zero-order chi connectivity index (χ0) is 18.9. The van der Waals surface area contributed by atoms with Crippen LogP contribution in [0.3, 0.4) is 0 Å². The van der Waals surface area contributed by atoms with Gasteiger partial charge in [-0.15, -0.1) is 0 Å². The quantitative estimate of drug-likeness (QED) is 0.630. The number of benzene rings is 2. The lowest BCUT2D eigenvalue weighted by molar-refractivity contribution is 0.0663. The highest BCUT2D eigenvalue weighted by atomic mass is 35.5. The molecule has 0 aliphatic carbocycles. The summed E-state index contributed by atoms with van der Waals surface area (Å²) in [4.78, 5) is 11.0. The fourth-order valence-electron chi connectivity index (χ4n) is 2.20. The van der Waals surface area contributed by atoms with Crippen molar-refractivity contribution in [3.8, 4) is 11.3 Å². The lowest BCUT2D eigenvalue weighted by Gasteiger charge is -2.10. The summed E-state index contributed by atoms with van der Waals surface area (Å²) in [5.74, 6) is -1.25. The Labute approximate surface area is 159 Å². The first kappa shape index (κ1) is 18.3.